The lowest BCUT2D eigenvalue weighted by molar-refractivity contribution is -0.139. The average Bonchev–Trinajstić information content (AvgIpc) is 3.44. The molecular formula is C34H40Cl2FNO5. The van der Waals surface area contributed by atoms with Gasteiger partial charge in [-0.25, -0.2) is 4.39 Å². The normalized spacial score (nSPS) is 32.6. The summed E-state index contributed by atoms with van der Waals surface area (Å²) in [6.45, 7) is 4.66. The van der Waals surface area contributed by atoms with Gasteiger partial charge >= 0.3 is 0 Å². The quantitative estimate of drug-likeness (QED) is 0.356. The van der Waals surface area contributed by atoms with Gasteiger partial charge in [-0.15, -0.1) is 0 Å². The van der Waals surface area contributed by atoms with Gasteiger partial charge < -0.3 is 19.9 Å². The third kappa shape index (κ3) is 4.94. The molecule has 2 aliphatic carbocycles. The Balaban J connectivity index is 1.49. The van der Waals surface area contributed by atoms with Crippen LogP contribution in [0.15, 0.2) is 36.4 Å². The summed E-state index contributed by atoms with van der Waals surface area (Å²) in [5, 5.41) is 13.3. The second-order valence-electron chi connectivity index (χ2n) is 13.9. The lowest BCUT2D eigenvalue weighted by atomic mass is 9.51. The molecule has 232 valence electrons. The number of hydrogen-bond donors (Lipinski definition) is 2. The molecule has 4 aliphatic rings. The van der Waals surface area contributed by atoms with Crippen LogP contribution in [0.2, 0.25) is 10.0 Å². The number of Topliss-reactive ketones (excluding diaryl/α,β-unsaturated/α-hetero) is 1. The van der Waals surface area contributed by atoms with Gasteiger partial charge in [0, 0.05) is 36.1 Å². The zero-order valence-electron chi connectivity index (χ0n) is 24.9. The van der Waals surface area contributed by atoms with E-state index in [9.17, 15) is 14.7 Å². The van der Waals surface area contributed by atoms with Gasteiger partial charge in [-0.3, -0.25) is 9.59 Å². The highest BCUT2D eigenvalue weighted by Gasteiger charge is 2.72. The summed E-state index contributed by atoms with van der Waals surface area (Å²) in [4.78, 5) is 29.2. The summed E-state index contributed by atoms with van der Waals surface area (Å²) in [7, 11) is 1.58. The highest BCUT2D eigenvalue weighted by molar-refractivity contribution is 6.31. The Labute approximate surface area is 262 Å². The molecular weight excluding hydrogens is 592 g/mol. The van der Waals surface area contributed by atoms with Gasteiger partial charge in [0.2, 0.25) is 5.91 Å². The van der Waals surface area contributed by atoms with Crippen LogP contribution in [0.4, 0.5) is 10.1 Å². The Morgan fingerprint density at radius 1 is 1.16 bits per heavy atom. The minimum atomic E-state index is -1.17. The zero-order chi connectivity index (χ0) is 30.7. The number of nitrogens with one attached hydrogen (secondary N) is 1. The lowest BCUT2D eigenvalue weighted by Crippen LogP contribution is -2.52. The van der Waals surface area contributed by atoms with Gasteiger partial charge in [-0.2, -0.15) is 0 Å². The molecule has 0 unspecified atom stereocenters. The highest BCUT2D eigenvalue weighted by Crippen LogP contribution is 2.72. The van der Waals surface area contributed by atoms with Gasteiger partial charge in [0.1, 0.15) is 17.7 Å². The third-order valence-corrected chi connectivity index (χ3v) is 11.6. The number of ether oxygens (including phenoxy) is 2. The highest BCUT2D eigenvalue weighted by atomic mass is 35.5. The topological polar surface area (TPSA) is 84.9 Å². The Kier molecular flexibility index (Phi) is 8.21. The van der Waals surface area contributed by atoms with Crippen LogP contribution in [0, 0.1) is 28.5 Å². The van der Waals surface area contributed by atoms with Crippen molar-refractivity contribution in [1.82, 2.24) is 0 Å². The first-order valence-corrected chi connectivity index (χ1v) is 16.1. The van der Waals surface area contributed by atoms with Crippen molar-refractivity contribution in [2.45, 2.75) is 82.3 Å². The number of amides is 1. The third-order valence-electron chi connectivity index (χ3n) is 11.1. The van der Waals surface area contributed by atoms with Gasteiger partial charge in [0.05, 0.1) is 29.8 Å². The molecule has 2 N–H and O–H groups in total. The molecule has 1 saturated heterocycles. The molecule has 0 aromatic heterocycles. The average molecular weight is 633 g/mol. The maximum atomic E-state index is 16.2. The van der Waals surface area contributed by atoms with Crippen LogP contribution in [-0.2, 0) is 24.5 Å². The number of fused-ring (bicyclic) bond motifs is 3. The lowest BCUT2D eigenvalue weighted by Gasteiger charge is -2.51. The van der Waals surface area contributed by atoms with Crippen molar-refractivity contribution in [3.05, 3.63) is 63.4 Å². The van der Waals surface area contributed by atoms with E-state index in [0.717, 1.165) is 31.2 Å². The van der Waals surface area contributed by atoms with E-state index in [1.807, 2.05) is 6.07 Å². The SMILES string of the molecule is CO[C@H]1C[C@@H](CC(=O)[C@@H]2CC3(CCC(C)(C)CC3)[C@@]3(C(=O)Nc4cc(Cl)ccc43)[C@H]2c2cccc(Cl)c2F)CO[C@@H]1CO. The molecule has 1 amide bonds. The number of carbonyl (C=O) groups is 2. The summed E-state index contributed by atoms with van der Waals surface area (Å²) in [5.74, 6) is -2.28. The summed E-state index contributed by atoms with van der Waals surface area (Å²) in [5.41, 5.74) is 0.0797. The fourth-order valence-electron chi connectivity index (χ4n) is 8.90. The van der Waals surface area contributed by atoms with Crippen molar-refractivity contribution < 1.29 is 28.6 Å². The minimum Gasteiger partial charge on any atom is -0.394 e. The minimum absolute atomic E-state index is 0.00780. The van der Waals surface area contributed by atoms with Crippen LogP contribution in [0.1, 0.15) is 75.8 Å². The monoisotopic (exact) mass is 631 g/mol. The second kappa shape index (κ2) is 11.4. The molecule has 2 saturated carbocycles. The van der Waals surface area contributed by atoms with E-state index in [4.69, 9.17) is 32.7 Å². The zero-order valence-corrected chi connectivity index (χ0v) is 26.4. The predicted molar refractivity (Wildman–Crippen MR) is 164 cm³/mol. The number of carbonyl (C=O) groups excluding carboxylic acids is 2. The van der Waals surface area contributed by atoms with Crippen LogP contribution >= 0.6 is 23.2 Å². The molecule has 9 heteroatoms. The molecule has 43 heavy (non-hydrogen) atoms. The summed E-state index contributed by atoms with van der Waals surface area (Å²) >= 11 is 12.8. The molecule has 2 heterocycles. The molecule has 2 aromatic carbocycles. The van der Waals surface area contributed by atoms with Gasteiger partial charge in [0.25, 0.3) is 0 Å². The number of aliphatic hydroxyl groups is 1. The van der Waals surface area contributed by atoms with Crippen LogP contribution in [0.3, 0.4) is 0 Å². The van der Waals surface area contributed by atoms with Crippen molar-refractivity contribution in [1.29, 1.82) is 0 Å². The number of methoxy groups -OCH3 is 1. The largest absolute Gasteiger partial charge is 0.394 e. The van der Waals surface area contributed by atoms with E-state index in [-0.39, 0.29) is 47.2 Å². The van der Waals surface area contributed by atoms with E-state index >= 15 is 4.39 Å². The smallest absolute Gasteiger partial charge is 0.236 e. The van der Waals surface area contributed by atoms with Crippen molar-refractivity contribution >= 4 is 40.6 Å². The predicted octanol–water partition coefficient (Wildman–Crippen LogP) is 7.08. The maximum absolute atomic E-state index is 16.2. The molecule has 6 rings (SSSR count). The van der Waals surface area contributed by atoms with Crippen molar-refractivity contribution in [2.24, 2.45) is 22.7 Å². The Bertz CT molecular complexity index is 1420. The summed E-state index contributed by atoms with van der Waals surface area (Å²) in [6, 6.07) is 10.3. The molecule has 3 fully saturated rings. The Morgan fingerprint density at radius 2 is 1.91 bits per heavy atom. The molecule has 6 atom stereocenters. The number of benzene rings is 2. The van der Waals surface area contributed by atoms with Gasteiger partial charge in [0.15, 0.2) is 0 Å². The molecule has 6 nitrogen and oxygen atoms in total. The van der Waals surface area contributed by atoms with Crippen LogP contribution in [-0.4, -0.2) is 49.3 Å². The number of aliphatic hydroxyl groups excluding tert-OH is 1. The Hall–Kier alpha value is -2.03. The first kappa shape index (κ1) is 31.0. The van der Waals surface area contributed by atoms with Crippen LogP contribution in [0.5, 0.6) is 0 Å². The van der Waals surface area contributed by atoms with Crippen LogP contribution in [0.25, 0.3) is 0 Å². The van der Waals surface area contributed by atoms with Crippen molar-refractivity contribution in [3.8, 4) is 0 Å². The number of halogens is 3. The molecule has 0 bridgehead atoms. The molecule has 0 radical (unpaired) electrons. The maximum Gasteiger partial charge on any atom is 0.236 e. The van der Waals surface area contributed by atoms with E-state index in [0.29, 0.717) is 35.7 Å². The number of rotatable bonds is 6. The fraction of sp³-hybridized carbons (Fsp3) is 0.588. The number of anilines is 1. The second-order valence-corrected chi connectivity index (χ2v) is 14.8. The number of hydrogen-bond acceptors (Lipinski definition) is 5. The van der Waals surface area contributed by atoms with Gasteiger partial charge in [-0.1, -0.05) is 55.2 Å². The van der Waals surface area contributed by atoms with E-state index in [1.165, 1.54) is 6.07 Å². The van der Waals surface area contributed by atoms with E-state index < -0.39 is 34.6 Å². The van der Waals surface area contributed by atoms with Gasteiger partial charge in [-0.05, 0) is 84.6 Å². The van der Waals surface area contributed by atoms with E-state index in [1.54, 1.807) is 31.4 Å². The molecule has 2 aliphatic heterocycles. The Morgan fingerprint density at radius 3 is 2.60 bits per heavy atom. The van der Waals surface area contributed by atoms with E-state index in [2.05, 4.69) is 19.2 Å². The molecule has 2 spiro atoms. The first-order chi connectivity index (χ1) is 20.5. The van der Waals surface area contributed by atoms with Crippen molar-refractivity contribution in [2.75, 3.05) is 25.6 Å². The first-order valence-electron chi connectivity index (χ1n) is 15.3. The fourth-order valence-corrected chi connectivity index (χ4v) is 9.25. The summed E-state index contributed by atoms with van der Waals surface area (Å²) < 4.78 is 27.6. The standard InChI is InChI=1S/C34H40Cl2FNO5/c1-32(2)9-11-33(12-10-32)16-22(26(40)13-19-14-27(42-3)28(17-39)43-18-19)29(21-5-4-6-24(36)30(21)37)34(33)23-8-7-20(35)15-25(23)38-31(34)41/h4-8,15,19,22,27-29,39H,9-14,16-18H2,1-3H3,(H,38,41)/t19-,22+,27+,28-,29+,34-/m1/s1. The molecule has 2 aromatic rings. The number of ketones is 1. The van der Waals surface area contributed by atoms with Crippen molar-refractivity contribution in [3.63, 3.8) is 0 Å². The summed E-state index contributed by atoms with van der Waals surface area (Å²) in [6.07, 6.45) is 3.79. The van der Waals surface area contributed by atoms with Crippen LogP contribution < -0.4 is 5.32 Å².